The van der Waals surface area contributed by atoms with Crippen molar-refractivity contribution in [3.63, 3.8) is 0 Å². The fourth-order valence-electron chi connectivity index (χ4n) is 7.49. The van der Waals surface area contributed by atoms with E-state index in [1.54, 1.807) is 0 Å². The molecule has 0 aliphatic carbocycles. The van der Waals surface area contributed by atoms with Gasteiger partial charge in [0.1, 0.15) is 12.3 Å². The molecule has 2 aromatic carbocycles. The number of carbonyl (C=O) groups excluding carboxylic acids is 1. The van der Waals surface area contributed by atoms with Gasteiger partial charge in [-0.25, -0.2) is 0 Å². The molecule has 0 saturated heterocycles. The van der Waals surface area contributed by atoms with Crippen molar-refractivity contribution < 1.29 is 9.37 Å². The number of carbonyl (C=O) groups is 1. The van der Waals surface area contributed by atoms with Crippen LogP contribution in [0.3, 0.4) is 0 Å². The van der Waals surface area contributed by atoms with Gasteiger partial charge < -0.3 is 4.90 Å². The van der Waals surface area contributed by atoms with E-state index in [0.717, 1.165) is 19.5 Å². The van der Waals surface area contributed by atoms with Gasteiger partial charge in [0.15, 0.2) is 5.71 Å². The summed E-state index contributed by atoms with van der Waals surface area (Å²) in [7, 11) is 0. The third kappa shape index (κ3) is 5.94. The third-order valence-corrected chi connectivity index (χ3v) is 9.74. The Hall–Kier alpha value is -2.94. The molecule has 42 heavy (non-hydrogen) atoms. The summed E-state index contributed by atoms with van der Waals surface area (Å²) in [6.07, 6.45) is 11.2. The number of Topliss-reactive ketones (excluding diaryl/α,β-unsaturated/α-hetero) is 1. The molecular formula is C39H55N2O+. The van der Waals surface area contributed by atoms with Gasteiger partial charge in [-0.3, -0.25) is 4.79 Å². The molecule has 0 spiro atoms. The van der Waals surface area contributed by atoms with Crippen LogP contribution in [0.25, 0.3) is 0 Å². The van der Waals surface area contributed by atoms with Gasteiger partial charge in [-0.1, -0.05) is 102 Å². The Bertz CT molecular complexity index is 1400. The van der Waals surface area contributed by atoms with Crippen molar-refractivity contribution in [2.24, 2.45) is 16.7 Å². The number of para-hydroxylation sites is 2. The van der Waals surface area contributed by atoms with Crippen molar-refractivity contribution >= 4 is 22.9 Å². The van der Waals surface area contributed by atoms with Crippen molar-refractivity contribution in [2.45, 2.75) is 106 Å². The molecule has 2 aromatic rings. The van der Waals surface area contributed by atoms with Crippen LogP contribution in [0, 0.1) is 16.7 Å². The Balaban J connectivity index is 1.60. The highest BCUT2D eigenvalue weighted by Gasteiger charge is 2.51. The molecule has 2 aliphatic rings. The van der Waals surface area contributed by atoms with E-state index in [1.165, 1.54) is 28.2 Å². The van der Waals surface area contributed by atoms with Gasteiger partial charge in [-0.05, 0) is 52.7 Å². The smallest absolute Gasteiger partial charge is 0.209 e. The van der Waals surface area contributed by atoms with Gasteiger partial charge in [0, 0.05) is 47.0 Å². The van der Waals surface area contributed by atoms with Crippen LogP contribution < -0.4 is 4.90 Å². The lowest BCUT2D eigenvalue weighted by Crippen LogP contribution is -2.41. The summed E-state index contributed by atoms with van der Waals surface area (Å²) < 4.78 is 2.53. The maximum absolute atomic E-state index is 12.4. The molecule has 0 amide bonds. The molecule has 0 radical (unpaired) electrons. The molecule has 0 fully saturated rings. The molecule has 0 bridgehead atoms. The quantitative estimate of drug-likeness (QED) is 0.199. The number of hydrogen-bond acceptors (Lipinski definition) is 2. The normalized spacial score (nSPS) is 19.8. The van der Waals surface area contributed by atoms with E-state index >= 15 is 0 Å². The van der Waals surface area contributed by atoms with Crippen LogP contribution in [0.1, 0.15) is 100 Å². The molecule has 1 atom stereocenters. The largest absolute Gasteiger partial charge is 0.364 e. The predicted molar refractivity (Wildman–Crippen MR) is 180 cm³/mol. The molecule has 0 aromatic heterocycles. The average molecular weight is 568 g/mol. The lowest BCUT2D eigenvalue weighted by Gasteiger charge is -2.33. The topological polar surface area (TPSA) is 23.3 Å². The molecular weight excluding hydrogens is 512 g/mol. The minimum Gasteiger partial charge on any atom is -0.364 e. The first-order chi connectivity index (χ1) is 19.5. The first-order valence-electron chi connectivity index (χ1n) is 16.1. The third-order valence-electron chi connectivity index (χ3n) is 9.74. The summed E-state index contributed by atoms with van der Waals surface area (Å²) in [4.78, 5) is 14.9. The van der Waals surface area contributed by atoms with Crippen molar-refractivity contribution in [1.82, 2.24) is 0 Å². The van der Waals surface area contributed by atoms with Crippen LogP contribution in [0.15, 0.2) is 72.8 Å². The number of ketones is 1. The van der Waals surface area contributed by atoms with E-state index in [1.807, 2.05) is 13.8 Å². The van der Waals surface area contributed by atoms with Gasteiger partial charge in [0.2, 0.25) is 5.69 Å². The van der Waals surface area contributed by atoms with Crippen LogP contribution in [-0.4, -0.2) is 35.2 Å². The summed E-state index contributed by atoms with van der Waals surface area (Å²) in [5.74, 6) is 0.460. The van der Waals surface area contributed by atoms with Crippen LogP contribution in [0.4, 0.5) is 11.4 Å². The zero-order valence-corrected chi connectivity index (χ0v) is 28.2. The van der Waals surface area contributed by atoms with Crippen molar-refractivity contribution in [1.29, 1.82) is 0 Å². The lowest BCUT2D eigenvalue weighted by atomic mass is 9.70. The highest BCUT2D eigenvalue weighted by molar-refractivity contribution is 6.00. The fourth-order valence-corrected chi connectivity index (χ4v) is 7.49. The molecule has 3 heteroatoms. The summed E-state index contributed by atoms with van der Waals surface area (Å²) in [6.45, 7) is 27.0. The second-order valence-electron chi connectivity index (χ2n) is 15.1. The molecule has 226 valence electrons. The molecule has 4 rings (SSSR count). The lowest BCUT2D eigenvalue weighted by molar-refractivity contribution is -0.437. The average Bonchev–Trinajstić information content (AvgIpc) is 3.30. The number of hydrogen-bond donors (Lipinski definition) is 0. The maximum atomic E-state index is 12.4. The summed E-state index contributed by atoms with van der Waals surface area (Å²) in [5, 5.41) is 0. The molecule has 1 unspecified atom stereocenters. The number of anilines is 1. The van der Waals surface area contributed by atoms with Crippen LogP contribution >= 0.6 is 0 Å². The van der Waals surface area contributed by atoms with Crippen molar-refractivity contribution in [2.75, 3.05) is 18.0 Å². The summed E-state index contributed by atoms with van der Waals surface area (Å²) in [6, 6.07) is 18.0. The minimum absolute atomic E-state index is 0.0225. The van der Waals surface area contributed by atoms with E-state index in [9.17, 15) is 4.79 Å². The van der Waals surface area contributed by atoms with E-state index in [-0.39, 0.29) is 33.6 Å². The van der Waals surface area contributed by atoms with Crippen LogP contribution in [-0.2, 0) is 15.6 Å². The number of benzene rings is 2. The van der Waals surface area contributed by atoms with Crippen molar-refractivity contribution in [3.8, 4) is 0 Å². The maximum Gasteiger partial charge on any atom is 0.209 e. The highest BCUT2D eigenvalue weighted by Crippen LogP contribution is 2.47. The second-order valence-corrected chi connectivity index (χ2v) is 15.1. The van der Waals surface area contributed by atoms with E-state index in [2.05, 4.69) is 145 Å². The monoisotopic (exact) mass is 567 g/mol. The van der Waals surface area contributed by atoms with Crippen molar-refractivity contribution in [3.05, 3.63) is 84.0 Å². The highest BCUT2D eigenvalue weighted by atomic mass is 16.1. The first-order valence-corrected chi connectivity index (χ1v) is 16.1. The van der Waals surface area contributed by atoms with Gasteiger partial charge in [-0.15, -0.1) is 0 Å². The number of allylic oxidation sites excluding steroid dienone is 3. The molecule has 0 saturated carbocycles. The van der Waals surface area contributed by atoms with E-state index in [4.69, 9.17) is 0 Å². The first kappa shape index (κ1) is 32.0. The Labute approximate surface area is 256 Å². The van der Waals surface area contributed by atoms with Gasteiger partial charge in [-0.2, -0.15) is 4.58 Å². The van der Waals surface area contributed by atoms with Gasteiger partial charge in [0.25, 0.3) is 0 Å². The van der Waals surface area contributed by atoms with Gasteiger partial charge >= 0.3 is 0 Å². The molecule has 2 heterocycles. The van der Waals surface area contributed by atoms with Crippen LogP contribution in [0.5, 0.6) is 0 Å². The molecule has 0 N–H and O–H groups in total. The number of nitrogens with zero attached hydrogens (tertiary/aromatic N) is 2. The van der Waals surface area contributed by atoms with Crippen LogP contribution in [0.2, 0.25) is 0 Å². The zero-order chi connectivity index (χ0) is 31.1. The van der Waals surface area contributed by atoms with Gasteiger partial charge in [0.05, 0.1) is 16.9 Å². The standard InChI is InChI=1S/C39H55N2O/c1-12-40-31-20-15-14-19-30(31)39(10,11)35(40)37(6,7)26-25-36(4,5)24-23-34-38(8,9)29-18-13-16-21-32(29)41(34)27-17-22-33(42)28(2)3/h13-16,18-21,23-26,28,34H,12,17,22,27H2,1-11H3/q+1. The zero-order valence-electron chi connectivity index (χ0n) is 28.2. The number of rotatable bonds is 11. The number of fused-ring (bicyclic) bond motifs is 2. The SMILES string of the molecule is CC[N+]1=C(C(C)(C)C=CC(C)(C)C=CC2N(CCCC(=O)C(C)C)c3ccccc3C2(C)C)C(C)(C)c2ccccc21. The summed E-state index contributed by atoms with van der Waals surface area (Å²) >= 11 is 0. The molecule has 2 aliphatic heterocycles. The summed E-state index contributed by atoms with van der Waals surface area (Å²) in [5.41, 5.74) is 6.65. The Kier molecular flexibility index (Phi) is 8.85. The Morgan fingerprint density at radius 1 is 0.929 bits per heavy atom. The van der Waals surface area contributed by atoms with E-state index in [0.29, 0.717) is 12.2 Å². The predicted octanol–water partition coefficient (Wildman–Crippen LogP) is 9.42. The Morgan fingerprint density at radius 3 is 2.19 bits per heavy atom. The van der Waals surface area contributed by atoms with E-state index < -0.39 is 0 Å². The molecule has 3 nitrogen and oxygen atoms in total. The minimum atomic E-state index is -0.116. The Morgan fingerprint density at radius 2 is 1.55 bits per heavy atom. The second kappa shape index (κ2) is 11.6. The fraction of sp³-hybridized carbons (Fsp3) is 0.538.